The van der Waals surface area contributed by atoms with Gasteiger partial charge in [0.25, 0.3) is 5.91 Å². The van der Waals surface area contributed by atoms with Crippen LogP contribution in [0, 0.1) is 5.82 Å². The van der Waals surface area contributed by atoms with Crippen LogP contribution in [0.15, 0.2) is 42.5 Å². The Bertz CT molecular complexity index is 864. The van der Waals surface area contributed by atoms with Crippen molar-refractivity contribution in [1.82, 2.24) is 5.32 Å². The average Bonchev–Trinajstić information content (AvgIpc) is 2.77. The Hall–Kier alpha value is -3.09. The van der Waals surface area contributed by atoms with E-state index in [1.54, 1.807) is 37.4 Å². The molecule has 0 unspecified atom stereocenters. The van der Waals surface area contributed by atoms with E-state index in [1.807, 2.05) is 0 Å². The van der Waals surface area contributed by atoms with Crippen molar-refractivity contribution in [3.8, 4) is 5.75 Å². The fourth-order valence-electron chi connectivity index (χ4n) is 3.53. The summed E-state index contributed by atoms with van der Waals surface area (Å²) in [6.45, 7) is 2.19. The van der Waals surface area contributed by atoms with Gasteiger partial charge in [0, 0.05) is 31.6 Å². The van der Waals surface area contributed by atoms with Crippen molar-refractivity contribution < 1.29 is 18.7 Å². The molecule has 1 saturated heterocycles. The van der Waals surface area contributed by atoms with E-state index in [0.29, 0.717) is 30.0 Å². The van der Waals surface area contributed by atoms with Crippen molar-refractivity contribution in [2.24, 2.45) is 0 Å². The number of carbonyl (C=O) groups excluding carboxylic acids is 2. The summed E-state index contributed by atoms with van der Waals surface area (Å²) in [6.07, 6.45) is 4.11. The van der Waals surface area contributed by atoms with Crippen LogP contribution >= 0.6 is 0 Å². The highest BCUT2D eigenvalue weighted by Gasteiger charge is 2.16. The summed E-state index contributed by atoms with van der Waals surface area (Å²) >= 11 is 0. The van der Waals surface area contributed by atoms with Gasteiger partial charge >= 0.3 is 0 Å². The summed E-state index contributed by atoms with van der Waals surface area (Å²) < 4.78 is 18.8. The molecule has 1 aliphatic rings. The third-order valence-electron chi connectivity index (χ3n) is 5.15. The van der Waals surface area contributed by atoms with Gasteiger partial charge in [-0.25, -0.2) is 4.39 Å². The molecule has 3 rings (SSSR count). The molecule has 7 heteroatoms. The van der Waals surface area contributed by atoms with Crippen LogP contribution in [-0.4, -0.2) is 38.6 Å². The standard InChI is InChI=1S/C23H28FN3O3/c1-30-19-10-7-17(8-11-19)23(29)25-13-5-6-22(28)26-20-16-18(24)9-12-21(20)27-14-3-2-4-15-27/h7-12,16H,2-6,13-15H2,1H3,(H,25,29)(H,26,28). The normalized spacial score (nSPS) is 13.6. The SMILES string of the molecule is COc1ccc(C(=O)NCCCC(=O)Nc2cc(F)ccc2N2CCCCC2)cc1. The van der Waals surface area contributed by atoms with Crippen LogP contribution in [0.4, 0.5) is 15.8 Å². The molecule has 0 aliphatic carbocycles. The quantitative estimate of drug-likeness (QED) is 0.643. The topological polar surface area (TPSA) is 70.7 Å². The number of amides is 2. The number of carbonyl (C=O) groups is 2. The minimum atomic E-state index is -0.377. The van der Waals surface area contributed by atoms with Crippen LogP contribution in [0.25, 0.3) is 0 Å². The summed E-state index contributed by atoms with van der Waals surface area (Å²) in [5, 5.41) is 5.63. The van der Waals surface area contributed by atoms with Crippen LogP contribution in [0.3, 0.4) is 0 Å². The number of hydrogen-bond acceptors (Lipinski definition) is 4. The van der Waals surface area contributed by atoms with E-state index in [0.717, 1.165) is 31.6 Å². The third-order valence-corrected chi connectivity index (χ3v) is 5.15. The highest BCUT2D eigenvalue weighted by atomic mass is 19.1. The molecule has 1 aliphatic heterocycles. The van der Waals surface area contributed by atoms with Gasteiger partial charge in [-0.2, -0.15) is 0 Å². The maximum absolute atomic E-state index is 13.7. The second-order valence-corrected chi connectivity index (χ2v) is 7.35. The Morgan fingerprint density at radius 1 is 1.07 bits per heavy atom. The van der Waals surface area contributed by atoms with Crippen molar-refractivity contribution >= 4 is 23.2 Å². The molecular weight excluding hydrogens is 385 g/mol. The first-order chi connectivity index (χ1) is 14.6. The third kappa shape index (κ3) is 5.95. The van der Waals surface area contributed by atoms with Crippen LogP contribution in [0.1, 0.15) is 42.5 Å². The molecular formula is C23H28FN3O3. The molecule has 1 fully saturated rings. The van der Waals surface area contributed by atoms with E-state index < -0.39 is 0 Å². The maximum Gasteiger partial charge on any atom is 0.251 e. The van der Waals surface area contributed by atoms with Gasteiger partial charge in [0.1, 0.15) is 11.6 Å². The predicted octanol–water partition coefficient (Wildman–Crippen LogP) is 3.97. The molecule has 0 radical (unpaired) electrons. The summed E-state index contributed by atoms with van der Waals surface area (Å²) in [6, 6.07) is 11.3. The number of methoxy groups -OCH3 is 1. The number of piperidine rings is 1. The average molecular weight is 413 g/mol. The highest BCUT2D eigenvalue weighted by molar-refractivity contribution is 5.95. The van der Waals surface area contributed by atoms with Gasteiger partial charge in [0.2, 0.25) is 5.91 Å². The van der Waals surface area contributed by atoms with Crippen molar-refractivity contribution in [2.75, 3.05) is 37.0 Å². The first kappa shape index (κ1) is 21.6. The lowest BCUT2D eigenvalue weighted by Crippen LogP contribution is -2.30. The van der Waals surface area contributed by atoms with Gasteiger partial charge in [-0.1, -0.05) is 0 Å². The second-order valence-electron chi connectivity index (χ2n) is 7.35. The fourth-order valence-corrected chi connectivity index (χ4v) is 3.53. The maximum atomic E-state index is 13.7. The Kier molecular flexibility index (Phi) is 7.65. The molecule has 0 spiro atoms. The van der Waals surface area contributed by atoms with E-state index >= 15 is 0 Å². The molecule has 160 valence electrons. The molecule has 0 saturated carbocycles. The van der Waals surface area contributed by atoms with Crippen LogP contribution in [0.2, 0.25) is 0 Å². The zero-order valence-electron chi connectivity index (χ0n) is 17.2. The molecule has 1 heterocycles. The minimum Gasteiger partial charge on any atom is -0.497 e. The van der Waals surface area contributed by atoms with Crippen LogP contribution < -0.4 is 20.3 Å². The Morgan fingerprint density at radius 2 is 1.80 bits per heavy atom. The molecule has 2 aromatic rings. The number of hydrogen-bond donors (Lipinski definition) is 2. The molecule has 0 bridgehead atoms. The summed E-state index contributed by atoms with van der Waals surface area (Å²) in [5.41, 5.74) is 1.90. The Balaban J connectivity index is 1.47. The lowest BCUT2D eigenvalue weighted by molar-refractivity contribution is -0.116. The first-order valence-corrected chi connectivity index (χ1v) is 10.3. The number of nitrogens with one attached hydrogen (secondary N) is 2. The van der Waals surface area contributed by atoms with Crippen molar-refractivity contribution in [3.05, 3.63) is 53.8 Å². The summed E-state index contributed by atoms with van der Waals surface area (Å²) in [4.78, 5) is 26.7. The van der Waals surface area contributed by atoms with Crippen LogP contribution in [-0.2, 0) is 4.79 Å². The lowest BCUT2D eigenvalue weighted by atomic mass is 10.1. The fraction of sp³-hybridized carbons (Fsp3) is 0.391. The van der Waals surface area contributed by atoms with Gasteiger partial charge in [-0.15, -0.1) is 0 Å². The number of ether oxygens (including phenoxy) is 1. The number of benzene rings is 2. The number of halogens is 1. The molecule has 6 nitrogen and oxygen atoms in total. The van der Waals surface area contributed by atoms with Gasteiger partial charge in [-0.3, -0.25) is 9.59 Å². The lowest BCUT2D eigenvalue weighted by Gasteiger charge is -2.30. The molecule has 2 N–H and O–H groups in total. The second kappa shape index (κ2) is 10.6. The van der Waals surface area contributed by atoms with E-state index in [4.69, 9.17) is 4.74 Å². The van der Waals surface area contributed by atoms with E-state index in [2.05, 4.69) is 15.5 Å². The van der Waals surface area contributed by atoms with Gasteiger partial charge in [0.15, 0.2) is 0 Å². The highest BCUT2D eigenvalue weighted by Crippen LogP contribution is 2.29. The molecule has 30 heavy (non-hydrogen) atoms. The van der Waals surface area contributed by atoms with Gasteiger partial charge < -0.3 is 20.3 Å². The number of anilines is 2. The molecule has 2 aromatic carbocycles. The number of rotatable bonds is 8. The Morgan fingerprint density at radius 3 is 2.50 bits per heavy atom. The van der Waals surface area contributed by atoms with Gasteiger partial charge in [0.05, 0.1) is 18.5 Å². The largest absolute Gasteiger partial charge is 0.497 e. The summed E-state index contributed by atoms with van der Waals surface area (Å²) in [7, 11) is 1.57. The Labute approximate surface area is 176 Å². The van der Waals surface area contributed by atoms with Crippen LogP contribution in [0.5, 0.6) is 5.75 Å². The number of nitrogens with zero attached hydrogens (tertiary/aromatic N) is 1. The van der Waals surface area contributed by atoms with E-state index in [-0.39, 0.29) is 24.1 Å². The zero-order chi connectivity index (χ0) is 21.3. The first-order valence-electron chi connectivity index (χ1n) is 10.3. The molecule has 0 atom stereocenters. The van der Waals surface area contributed by atoms with Crippen molar-refractivity contribution in [2.45, 2.75) is 32.1 Å². The van der Waals surface area contributed by atoms with Crippen molar-refractivity contribution in [1.29, 1.82) is 0 Å². The molecule has 0 aromatic heterocycles. The smallest absolute Gasteiger partial charge is 0.251 e. The van der Waals surface area contributed by atoms with Gasteiger partial charge in [-0.05, 0) is 68.1 Å². The summed E-state index contributed by atoms with van der Waals surface area (Å²) in [5.74, 6) is -0.0876. The van der Waals surface area contributed by atoms with E-state index in [1.165, 1.54) is 18.6 Å². The monoisotopic (exact) mass is 413 g/mol. The minimum absolute atomic E-state index is 0.197. The van der Waals surface area contributed by atoms with E-state index in [9.17, 15) is 14.0 Å². The van der Waals surface area contributed by atoms with Crippen molar-refractivity contribution in [3.63, 3.8) is 0 Å². The molecule has 2 amide bonds. The predicted molar refractivity (Wildman–Crippen MR) is 116 cm³/mol. The zero-order valence-corrected chi connectivity index (χ0v) is 17.2.